The van der Waals surface area contributed by atoms with Crippen LogP contribution in [0.3, 0.4) is 0 Å². The molecular weight excluding hydrogens is 237 g/mol. The molecule has 3 N–H and O–H groups in total. The SMILES string of the molecule is O=C(O)Nc1cc(CCC(O)C2CC2)ccc1F. The molecule has 1 aliphatic rings. The Bertz CT molecular complexity index is 446. The molecule has 18 heavy (non-hydrogen) atoms. The van der Waals surface area contributed by atoms with E-state index in [9.17, 15) is 14.3 Å². The van der Waals surface area contributed by atoms with Gasteiger partial charge in [-0.05, 0) is 49.3 Å². The summed E-state index contributed by atoms with van der Waals surface area (Å²) < 4.78 is 13.3. The fraction of sp³-hybridized carbons (Fsp3) is 0.462. The molecule has 0 aliphatic heterocycles. The molecule has 1 aliphatic carbocycles. The van der Waals surface area contributed by atoms with Crippen molar-refractivity contribution in [2.75, 3.05) is 5.32 Å². The molecule has 5 heteroatoms. The van der Waals surface area contributed by atoms with Crippen LogP contribution in [0.5, 0.6) is 0 Å². The number of aliphatic hydroxyl groups is 1. The smallest absolute Gasteiger partial charge is 0.409 e. The molecule has 0 spiro atoms. The van der Waals surface area contributed by atoms with Crippen LogP contribution in [0.2, 0.25) is 0 Å². The van der Waals surface area contributed by atoms with Gasteiger partial charge in [0.2, 0.25) is 0 Å². The zero-order valence-electron chi connectivity index (χ0n) is 9.90. The van der Waals surface area contributed by atoms with Crippen LogP contribution < -0.4 is 5.32 Å². The summed E-state index contributed by atoms with van der Waals surface area (Å²) in [4.78, 5) is 10.5. The molecule has 1 amide bonds. The highest BCUT2D eigenvalue weighted by molar-refractivity contribution is 5.83. The number of nitrogens with one attached hydrogen (secondary N) is 1. The quantitative estimate of drug-likeness (QED) is 0.755. The molecule has 1 aromatic carbocycles. The minimum absolute atomic E-state index is 0.0408. The third-order valence-corrected chi connectivity index (χ3v) is 3.17. The zero-order valence-corrected chi connectivity index (χ0v) is 9.90. The van der Waals surface area contributed by atoms with Crippen LogP contribution in [0.25, 0.3) is 0 Å². The number of carboxylic acid groups (broad SMARTS) is 1. The average molecular weight is 253 g/mol. The second-order valence-electron chi connectivity index (χ2n) is 4.69. The summed E-state index contributed by atoms with van der Waals surface area (Å²) in [6.45, 7) is 0. The topological polar surface area (TPSA) is 69.6 Å². The van der Waals surface area contributed by atoms with E-state index in [1.807, 2.05) is 5.32 Å². The number of hydrogen-bond donors (Lipinski definition) is 3. The maximum absolute atomic E-state index is 13.3. The number of aliphatic hydroxyl groups excluding tert-OH is 1. The van der Waals surface area contributed by atoms with E-state index < -0.39 is 11.9 Å². The fourth-order valence-electron chi connectivity index (χ4n) is 1.97. The van der Waals surface area contributed by atoms with Crippen molar-refractivity contribution in [3.63, 3.8) is 0 Å². The Kier molecular flexibility index (Phi) is 3.81. The number of carbonyl (C=O) groups is 1. The van der Waals surface area contributed by atoms with Gasteiger partial charge in [0.15, 0.2) is 0 Å². The first-order valence-corrected chi connectivity index (χ1v) is 6.02. The maximum Gasteiger partial charge on any atom is 0.409 e. The summed E-state index contributed by atoms with van der Waals surface area (Å²) in [6, 6.07) is 4.33. The van der Waals surface area contributed by atoms with Crippen molar-refractivity contribution in [3.8, 4) is 0 Å². The van der Waals surface area contributed by atoms with Gasteiger partial charge in [0, 0.05) is 0 Å². The summed E-state index contributed by atoms with van der Waals surface area (Å²) in [5.41, 5.74) is 0.778. The molecule has 98 valence electrons. The highest BCUT2D eigenvalue weighted by atomic mass is 19.1. The van der Waals surface area contributed by atoms with E-state index in [-0.39, 0.29) is 11.8 Å². The zero-order chi connectivity index (χ0) is 13.1. The number of aryl methyl sites for hydroxylation is 1. The third kappa shape index (κ3) is 3.43. The lowest BCUT2D eigenvalue weighted by atomic mass is 10.0. The van der Waals surface area contributed by atoms with Crippen LogP contribution in [0.15, 0.2) is 18.2 Å². The number of amides is 1. The van der Waals surface area contributed by atoms with Crippen molar-refractivity contribution < 1.29 is 19.4 Å². The lowest BCUT2D eigenvalue weighted by molar-refractivity contribution is 0.142. The van der Waals surface area contributed by atoms with Crippen LogP contribution >= 0.6 is 0 Å². The van der Waals surface area contributed by atoms with E-state index in [0.717, 1.165) is 18.4 Å². The summed E-state index contributed by atoms with van der Waals surface area (Å²) >= 11 is 0. The normalized spacial score (nSPS) is 16.3. The predicted octanol–water partition coefficient (Wildman–Crippen LogP) is 2.62. The lowest BCUT2D eigenvalue weighted by Crippen LogP contribution is -2.11. The molecular formula is C13H16FNO3. The van der Waals surface area contributed by atoms with Crippen molar-refractivity contribution in [2.45, 2.75) is 31.8 Å². The molecule has 4 nitrogen and oxygen atoms in total. The second-order valence-corrected chi connectivity index (χ2v) is 4.69. The second kappa shape index (κ2) is 5.35. The summed E-state index contributed by atoms with van der Waals surface area (Å²) in [7, 11) is 0. The van der Waals surface area contributed by atoms with Crippen molar-refractivity contribution in [1.82, 2.24) is 0 Å². The maximum atomic E-state index is 13.3. The molecule has 0 aromatic heterocycles. The number of halogens is 1. The van der Waals surface area contributed by atoms with Gasteiger partial charge < -0.3 is 10.2 Å². The Morgan fingerprint density at radius 3 is 2.83 bits per heavy atom. The molecule has 0 bridgehead atoms. The molecule has 1 saturated carbocycles. The Morgan fingerprint density at radius 2 is 2.22 bits per heavy atom. The molecule has 1 atom stereocenters. The molecule has 1 unspecified atom stereocenters. The number of rotatable bonds is 5. The third-order valence-electron chi connectivity index (χ3n) is 3.17. The van der Waals surface area contributed by atoms with Gasteiger partial charge in [0.1, 0.15) is 5.82 Å². The van der Waals surface area contributed by atoms with Gasteiger partial charge in [-0.2, -0.15) is 0 Å². The highest BCUT2D eigenvalue weighted by Gasteiger charge is 2.29. The van der Waals surface area contributed by atoms with Crippen LogP contribution in [0, 0.1) is 11.7 Å². The van der Waals surface area contributed by atoms with Gasteiger partial charge in [-0.15, -0.1) is 0 Å². The van der Waals surface area contributed by atoms with E-state index in [4.69, 9.17) is 5.11 Å². The van der Waals surface area contributed by atoms with E-state index >= 15 is 0 Å². The predicted molar refractivity (Wildman–Crippen MR) is 65.1 cm³/mol. The van der Waals surface area contributed by atoms with Gasteiger partial charge in [0.05, 0.1) is 11.8 Å². The molecule has 1 aromatic rings. The molecule has 2 rings (SSSR count). The lowest BCUT2D eigenvalue weighted by Gasteiger charge is -2.10. The van der Waals surface area contributed by atoms with Crippen molar-refractivity contribution >= 4 is 11.8 Å². The van der Waals surface area contributed by atoms with E-state index in [2.05, 4.69) is 0 Å². The van der Waals surface area contributed by atoms with Gasteiger partial charge in [-0.1, -0.05) is 6.07 Å². The molecule has 1 fully saturated rings. The number of anilines is 1. The molecule has 0 heterocycles. The largest absolute Gasteiger partial charge is 0.465 e. The van der Waals surface area contributed by atoms with Crippen LogP contribution in [0.4, 0.5) is 14.9 Å². The van der Waals surface area contributed by atoms with Crippen LogP contribution in [-0.2, 0) is 6.42 Å². The Balaban J connectivity index is 1.97. The van der Waals surface area contributed by atoms with Crippen molar-refractivity contribution in [3.05, 3.63) is 29.6 Å². The summed E-state index contributed by atoms with van der Waals surface area (Å²) in [5.74, 6) is -0.175. The summed E-state index contributed by atoms with van der Waals surface area (Å²) in [5, 5.41) is 20.3. The number of benzene rings is 1. The summed E-state index contributed by atoms with van der Waals surface area (Å²) in [6.07, 6.45) is 1.82. The first-order chi connectivity index (χ1) is 8.56. The molecule has 0 radical (unpaired) electrons. The van der Waals surface area contributed by atoms with Crippen LogP contribution in [0.1, 0.15) is 24.8 Å². The van der Waals surface area contributed by atoms with Crippen molar-refractivity contribution in [1.29, 1.82) is 0 Å². The Morgan fingerprint density at radius 1 is 1.50 bits per heavy atom. The fourth-order valence-corrected chi connectivity index (χ4v) is 1.97. The number of hydrogen-bond acceptors (Lipinski definition) is 2. The van der Waals surface area contributed by atoms with Gasteiger partial charge in [-0.25, -0.2) is 9.18 Å². The van der Waals surface area contributed by atoms with E-state index in [1.165, 1.54) is 12.1 Å². The molecule has 0 saturated heterocycles. The van der Waals surface area contributed by atoms with Crippen LogP contribution in [-0.4, -0.2) is 22.4 Å². The van der Waals surface area contributed by atoms with Gasteiger partial charge in [0.25, 0.3) is 0 Å². The minimum atomic E-state index is -1.29. The highest BCUT2D eigenvalue weighted by Crippen LogP contribution is 2.34. The van der Waals surface area contributed by atoms with E-state index in [0.29, 0.717) is 18.8 Å². The first-order valence-electron chi connectivity index (χ1n) is 6.02. The van der Waals surface area contributed by atoms with Gasteiger partial charge >= 0.3 is 6.09 Å². The standard InChI is InChI=1S/C13H16FNO3/c14-10-5-1-8(7-11(10)15-13(17)18)2-6-12(16)9-3-4-9/h1,5,7,9,12,15-16H,2-4,6H2,(H,17,18). The Hall–Kier alpha value is -1.62. The Labute approximate surface area is 104 Å². The van der Waals surface area contributed by atoms with Crippen molar-refractivity contribution in [2.24, 2.45) is 5.92 Å². The first kappa shape index (κ1) is 12.8. The minimum Gasteiger partial charge on any atom is -0.465 e. The van der Waals surface area contributed by atoms with Gasteiger partial charge in [-0.3, -0.25) is 5.32 Å². The monoisotopic (exact) mass is 253 g/mol. The average Bonchev–Trinajstić information content (AvgIpc) is 3.13. The van der Waals surface area contributed by atoms with E-state index in [1.54, 1.807) is 6.07 Å².